The van der Waals surface area contributed by atoms with Crippen molar-refractivity contribution >= 4 is 46.5 Å². The van der Waals surface area contributed by atoms with Gasteiger partial charge in [-0.05, 0) is 42.1 Å². The number of amides is 1. The van der Waals surface area contributed by atoms with Gasteiger partial charge in [0, 0.05) is 12.6 Å². The van der Waals surface area contributed by atoms with Crippen LogP contribution in [0.3, 0.4) is 0 Å². The minimum absolute atomic E-state index is 0.101. The van der Waals surface area contributed by atoms with E-state index in [0.717, 1.165) is 11.8 Å². The SMILES string of the molecule is CN1C(=O)/C(=C\c2ccccc2OCC(=O)O)SC1=Nc1cccc(C(=O)O)c1. The van der Waals surface area contributed by atoms with E-state index < -0.39 is 18.5 Å². The third-order valence-electron chi connectivity index (χ3n) is 3.88. The molecule has 0 aromatic heterocycles. The number of thioether (sulfide) groups is 1. The van der Waals surface area contributed by atoms with Crippen molar-refractivity contribution in [3.05, 3.63) is 64.6 Å². The van der Waals surface area contributed by atoms with Gasteiger partial charge in [-0.1, -0.05) is 24.3 Å². The summed E-state index contributed by atoms with van der Waals surface area (Å²) in [7, 11) is 1.57. The Morgan fingerprint density at radius 2 is 1.93 bits per heavy atom. The maximum absolute atomic E-state index is 12.6. The van der Waals surface area contributed by atoms with E-state index in [1.165, 1.54) is 17.0 Å². The molecule has 2 aromatic rings. The first-order valence-corrected chi connectivity index (χ1v) is 9.20. The molecule has 8 nitrogen and oxygen atoms in total. The van der Waals surface area contributed by atoms with Crippen LogP contribution in [0, 0.1) is 0 Å². The second kappa shape index (κ2) is 8.61. The molecule has 1 fully saturated rings. The molecule has 9 heteroatoms. The van der Waals surface area contributed by atoms with Crippen molar-refractivity contribution in [3.63, 3.8) is 0 Å². The molecule has 1 aliphatic heterocycles. The molecular formula is C20H16N2O6S. The summed E-state index contributed by atoms with van der Waals surface area (Å²) in [5.74, 6) is -2.10. The van der Waals surface area contributed by atoms with Crippen LogP contribution in [0.2, 0.25) is 0 Å². The van der Waals surface area contributed by atoms with E-state index in [0.29, 0.717) is 27.1 Å². The average molecular weight is 412 g/mol. The zero-order chi connectivity index (χ0) is 21.0. The Morgan fingerprint density at radius 3 is 2.66 bits per heavy atom. The zero-order valence-corrected chi connectivity index (χ0v) is 16.0. The van der Waals surface area contributed by atoms with Crippen molar-refractivity contribution in [2.24, 2.45) is 4.99 Å². The number of carboxylic acids is 2. The number of aliphatic carboxylic acids is 1. The van der Waals surface area contributed by atoms with Crippen LogP contribution in [-0.4, -0.2) is 51.8 Å². The monoisotopic (exact) mass is 412 g/mol. The molecule has 1 aliphatic rings. The van der Waals surface area contributed by atoms with Gasteiger partial charge in [0.25, 0.3) is 5.91 Å². The Kier molecular flexibility index (Phi) is 5.99. The number of carboxylic acid groups (broad SMARTS) is 2. The maximum Gasteiger partial charge on any atom is 0.341 e. The Morgan fingerprint density at radius 1 is 1.17 bits per heavy atom. The smallest absolute Gasteiger partial charge is 0.341 e. The lowest BCUT2D eigenvalue weighted by Gasteiger charge is -2.08. The highest BCUT2D eigenvalue weighted by Crippen LogP contribution is 2.34. The van der Waals surface area contributed by atoms with Gasteiger partial charge in [-0.25, -0.2) is 14.6 Å². The molecule has 1 amide bonds. The highest BCUT2D eigenvalue weighted by molar-refractivity contribution is 8.18. The number of carbonyl (C=O) groups excluding carboxylic acids is 1. The van der Waals surface area contributed by atoms with Crippen LogP contribution in [0.5, 0.6) is 5.75 Å². The molecule has 29 heavy (non-hydrogen) atoms. The summed E-state index contributed by atoms with van der Waals surface area (Å²) in [5, 5.41) is 18.3. The summed E-state index contributed by atoms with van der Waals surface area (Å²) in [5.41, 5.74) is 1.08. The Bertz CT molecular complexity index is 1050. The van der Waals surface area contributed by atoms with Crippen LogP contribution in [0.4, 0.5) is 5.69 Å². The van der Waals surface area contributed by atoms with Gasteiger partial charge in [-0.15, -0.1) is 0 Å². The van der Waals surface area contributed by atoms with Crippen LogP contribution < -0.4 is 4.74 Å². The number of nitrogens with zero attached hydrogens (tertiary/aromatic N) is 2. The minimum atomic E-state index is -1.10. The van der Waals surface area contributed by atoms with Crippen molar-refractivity contribution in [2.45, 2.75) is 0 Å². The van der Waals surface area contributed by atoms with Gasteiger partial charge in [-0.3, -0.25) is 9.69 Å². The number of ether oxygens (including phenoxy) is 1. The minimum Gasteiger partial charge on any atom is -0.481 e. The van der Waals surface area contributed by atoms with E-state index >= 15 is 0 Å². The summed E-state index contributed by atoms with van der Waals surface area (Å²) >= 11 is 1.13. The van der Waals surface area contributed by atoms with Crippen LogP contribution in [0.25, 0.3) is 6.08 Å². The lowest BCUT2D eigenvalue weighted by Crippen LogP contribution is -2.23. The average Bonchev–Trinajstić information content (AvgIpc) is 2.95. The van der Waals surface area contributed by atoms with Crippen molar-refractivity contribution in [3.8, 4) is 5.75 Å². The van der Waals surface area contributed by atoms with Crippen molar-refractivity contribution in [2.75, 3.05) is 13.7 Å². The summed E-state index contributed by atoms with van der Waals surface area (Å²) in [4.78, 5) is 40.6. The number of hydrogen-bond donors (Lipinski definition) is 2. The molecule has 0 saturated carbocycles. The molecule has 0 radical (unpaired) electrons. The maximum atomic E-state index is 12.6. The molecule has 0 aliphatic carbocycles. The first-order chi connectivity index (χ1) is 13.8. The molecule has 148 valence electrons. The van der Waals surface area contributed by atoms with Crippen molar-refractivity contribution < 1.29 is 29.3 Å². The fourth-order valence-electron chi connectivity index (χ4n) is 2.48. The molecule has 3 rings (SSSR count). The van der Waals surface area contributed by atoms with Crippen LogP contribution in [-0.2, 0) is 9.59 Å². The number of rotatable bonds is 6. The summed E-state index contributed by atoms with van der Waals surface area (Å²) in [6.07, 6.45) is 1.61. The third kappa shape index (κ3) is 4.82. The lowest BCUT2D eigenvalue weighted by molar-refractivity contribution is -0.139. The van der Waals surface area contributed by atoms with E-state index in [4.69, 9.17) is 14.9 Å². The Balaban J connectivity index is 1.88. The number of carbonyl (C=O) groups is 3. The normalized spacial score (nSPS) is 16.4. The standard InChI is InChI=1S/C20H16N2O6S/c1-22-18(25)16(10-12-5-2-3-8-15(12)28-11-17(23)24)29-20(22)21-14-7-4-6-13(9-14)19(26)27/h2-10H,11H2,1H3,(H,23,24)(H,26,27)/b16-10+,21-20?. The largest absolute Gasteiger partial charge is 0.481 e. The van der Waals surface area contributed by atoms with Crippen molar-refractivity contribution in [1.82, 2.24) is 4.90 Å². The van der Waals surface area contributed by atoms with Gasteiger partial charge in [0.05, 0.1) is 16.2 Å². The van der Waals surface area contributed by atoms with Gasteiger partial charge < -0.3 is 14.9 Å². The lowest BCUT2D eigenvalue weighted by atomic mass is 10.2. The molecule has 0 bridgehead atoms. The third-order valence-corrected chi connectivity index (χ3v) is 4.94. The number of amidine groups is 1. The fraction of sp³-hybridized carbons (Fsp3) is 0.100. The molecule has 0 spiro atoms. The highest BCUT2D eigenvalue weighted by Gasteiger charge is 2.30. The second-order valence-corrected chi connectivity index (χ2v) is 6.95. The summed E-state index contributed by atoms with van der Waals surface area (Å²) in [6, 6.07) is 12.9. The highest BCUT2D eigenvalue weighted by atomic mass is 32.2. The molecule has 0 unspecified atom stereocenters. The molecular weight excluding hydrogens is 396 g/mol. The van der Waals surface area contributed by atoms with Crippen molar-refractivity contribution in [1.29, 1.82) is 0 Å². The second-order valence-electron chi connectivity index (χ2n) is 5.94. The number of para-hydroxylation sites is 1. The molecule has 1 heterocycles. The Labute approximate surface area is 170 Å². The predicted molar refractivity (Wildman–Crippen MR) is 108 cm³/mol. The van der Waals surface area contributed by atoms with Crippen LogP contribution in [0.1, 0.15) is 15.9 Å². The molecule has 1 saturated heterocycles. The van der Waals surface area contributed by atoms with E-state index in [1.807, 2.05) is 0 Å². The van der Waals surface area contributed by atoms with Gasteiger partial charge in [-0.2, -0.15) is 0 Å². The quantitative estimate of drug-likeness (QED) is 0.700. The van der Waals surface area contributed by atoms with E-state index in [9.17, 15) is 14.4 Å². The predicted octanol–water partition coefficient (Wildman–Crippen LogP) is 3.08. The van der Waals surface area contributed by atoms with Gasteiger partial charge in [0.2, 0.25) is 0 Å². The van der Waals surface area contributed by atoms with E-state index in [2.05, 4.69) is 4.99 Å². The number of benzene rings is 2. The number of hydrogen-bond acceptors (Lipinski definition) is 6. The van der Waals surface area contributed by atoms with Gasteiger partial charge in [0.15, 0.2) is 11.8 Å². The van der Waals surface area contributed by atoms with Crippen LogP contribution >= 0.6 is 11.8 Å². The fourth-order valence-corrected chi connectivity index (χ4v) is 3.46. The first kappa shape index (κ1) is 20.2. The number of aliphatic imine (C=N–C) groups is 1. The molecule has 2 aromatic carbocycles. The topological polar surface area (TPSA) is 117 Å². The first-order valence-electron chi connectivity index (χ1n) is 8.38. The zero-order valence-electron chi connectivity index (χ0n) is 15.2. The summed E-state index contributed by atoms with van der Waals surface area (Å²) < 4.78 is 5.26. The molecule has 0 atom stereocenters. The molecule has 2 N–H and O–H groups in total. The summed E-state index contributed by atoms with van der Waals surface area (Å²) in [6.45, 7) is -0.492. The number of aromatic carboxylic acids is 1. The van der Waals surface area contributed by atoms with Crippen LogP contribution in [0.15, 0.2) is 58.4 Å². The van der Waals surface area contributed by atoms with Gasteiger partial charge >= 0.3 is 11.9 Å². The van der Waals surface area contributed by atoms with E-state index in [-0.39, 0.29) is 11.5 Å². The Hall–Kier alpha value is -3.59. The number of likely N-dealkylation sites (N-methyl/N-ethyl adjacent to an activating group) is 1. The van der Waals surface area contributed by atoms with E-state index in [1.54, 1.807) is 49.5 Å². The van der Waals surface area contributed by atoms with Gasteiger partial charge in [0.1, 0.15) is 5.75 Å².